The van der Waals surface area contributed by atoms with E-state index in [-0.39, 0.29) is 36.8 Å². The van der Waals surface area contributed by atoms with Crippen molar-refractivity contribution in [3.8, 4) is 0 Å². The van der Waals surface area contributed by atoms with Crippen molar-refractivity contribution >= 4 is 39.6 Å². The van der Waals surface area contributed by atoms with Crippen LogP contribution in [0, 0.1) is 15.9 Å². The molecule has 0 radical (unpaired) electrons. The maximum Gasteiger partial charge on any atom is 0.423 e. The molecule has 0 unspecified atom stereocenters. The topological polar surface area (TPSA) is 123 Å². The standard InChI is InChI=1S/C27H26F4N4O5/c28-18-3-1-17-14-20(4-2-16(17)13-18)34-26(37)25(36)32-11-12-40-22-8-5-19(6-9-22)33-21-7-10-24(35(38)39)23(15-21)27(29,30)31/h1-4,7,10,13-15,19,22,33H,5-6,8-9,11-12H2,(H,32,36)(H,34,37)/t19-,22-. The predicted octanol–water partition coefficient (Wildman–Crippen LogP) is 5.40. The molecule has 0 aliphatic heterocycles. The van der Waals surface area contributed by atoms with Crippen molar-refractivity contribution in [1.29, 1.82) is 0 Å². The summed E-state index contributed by atoms with van der Waals surface area (Å²) < 4.78 is 58.7. The van der Waals surface area contributed by atoms with E-state index in [2.05, 4.69) is 16.0 Å². The number of fused-ring (bicyclic) bond motifs is 1. The summed E-state index contributed by atoms with van der Waals surface area (Å²) in [5.74, 6) is -2.06. The van der Waals surface area contributed by atoms with Crippen LogP contribution in [-0.4, -0.2) is 42.0 Å². The third kappa shape index (κ3) is 7.44. The van der Waals surface area contributed by atoms with E-state index in [1.54, 1.807) is 24.3 Å². The molecule has 0 bridgehead atoms. The monoisotopic (exact) mass is 562 g/mol. The molecule has 1 aliphatic rings. The van der Waals surface area contributed by atoms with Crippen LogP contribution in [0.5, 0.6) is 0 Å². The fraction of sp³-hybridized carbons (Fsp3) is 0.333. The molecule has 212 valence electrons. The predicted molar refractivity (Wildman–Crippen MR) is 139 cm³/mol. The molecule has 3 aromatic carbocycles. The first-order valence-electron chi connectivity index (χ1n) is 12.5. The number of hydrogen-bond acceptors (Lipinski definition) is 6. The number of ether oxygens (including phenoxy) is 1. The third-order valence-electron chi connectivity index (χ3n) is 6.55. The first-order valence-corrected chi connectivity index (χ1v) is 12.5. The maximum absolute atomic E-state index is 13.3. The molecule has 40 heavy (non-hydrogen) atoms. The molecule has 1 saturated carbocycles. The Kier molecular flexibility index (Phi) is 8.83. The molecule has 3 N–H and O–H groups in total. The van der Waals surface area contributed by atoms with Gasteiger partial charge >= 0.3 is 18.0 Å². The molecule has 3 aromatic rings. The van der Waals surface area contributed by atoms with Gasteiger partial charge in [0.1, 0.15) is 11.4 Å². The normalized spacial score (nSPS) is 17.3. The van der Waals surface area contributed by atoms with Gasteiger partial charge in [-0.15, -0.1) is 0 Å². The number of carbonyl (C=O) groups is 2. The van der Waals surface area contributed by atoms with E-state index in [1.165, 1.54) is 18.2 Å². The highest BCUT2D eigenvalue weighted by molar-refractivity contribution is 6.39. The molecular formula is C27H26F4N4O5. The smallest absolute Gasteiger partial charge is 0.382 e. The summed E-state index contributed by atoms with van der Waals surface area (Å²) in [6.07, 6.45) is -2.51. The number of alkyl halides is 3. The summed E-state index contributed by atoms with van der Waals surface area (Å²) in [4.78, 5) is 34.2. The highest BCUT2D eigenvalue weighted by Gasteiger charge is 2.38. The molecule has 0 atom stereocenters. The summed E-state index contributed by atoms with van der Waals surface area (Å²) in [5, 5.41) is 20.3. The van der Waals surface area contributed by atoms with Gasteiger partial charge in [0.2, 0.25) is 0 Å². The number of carbonyl (C=O) groups excluding carboxylic acids is 2. The van der Waals surface area contributed by atoms with Gasteiger partial charge in [0, 0.05) is 30.0 Å². The lowest BCUT2D eigenvalue weighted by Crippen LogP contribution is -2.38. The number of halogens is 4. The van der Waals surface area contributed by atoms with E-state index in [4.69, 9.17) is 4.74 Å². The minimum Gasteiger partial charge on any atom is -0.382 e. The maximum atomic E-state index is 13.3. The first kappa shape index (κ1) is 28.7. The Morgan fingerprint density at radius 3 is 2.30 bits per heavy atom. The summed E-state index contributed by atoms with van der Waals surface area (Å²) in [6.45, 7) is 0.269. The van der Waals surface area contributed by atoms with Gasteiger partial charge in [-0.25, -0.2) is 4.39 Å². The average Bonchev–Trinajstić information content (AvgIpc) is 2.91. The van der Waals surface area contributed by atoms with E-state index in [0.29, 0.717) is 42.1 Å². The second-order valence-electron chi connectivity index (χ2n) is 9.39. The lowest BCUT2D eigenvalue weighted by Gasteiger charge is -2.30. The largest absolute Gasteiger partial charge is 0.423 e. The summed E-state index contributed by atoms with van der Waals surface area (Å²) >= 11 is 0. The van der Waals surface area contributed by atoms with E-state index in [0.717, 1.165) is 12.1 Å². The number of hydrogen-bond donors (Lipinski definition) is 3. The molecule has 13 heteroatoms. The van der Waals surface area contributed by atoms with Gasteiger partial charge < -0.3 is 20.7 Å². The van der Waals surface area contributed by atoms with E-state index >= 15 is 0 Å². The first-order chi connectivity index (χ1) is 19.0. The second-order valence-corrected chi connectivity index (χ2v) is 9.39. The minimum absolute atomic E-state index is 0.102. The van der Waals surface area contributed by atoms with Crippen LogP contribution in [0.4, 0.5) is 34.6 Å². The molecule has 1 fully saturated rings. The number of anilines is 2. The van der Waals surface area contributed by atoms with Crippen molar-refractivity contribution in [1.82, 2.24) is 5.32 Å². The Hall–Kier alpha value is -4.26. The summed E-state index contributed by atoms with van der Waals surface area (Å²) in [5.41, 5.74) is -1.75. The molecule has 1 aliphatic carbocycles. The molecule has 0 saturated heterocycles. The summed E-state index contributed by atoms with van der Waals surface area (Å²) in [6, 6.07) is 11.8. The highest BCUT2D eigenvalue weighted by atomic mass is 19.4. The zero-order valence-electron chi connectivity index (χ0n) is 21.1. The number of nitro benzene ring substituents is 1. The Morgan fingerprint density at radius 2 is 1.60 bits per heavy atom. The van der Waals surface area contributed by atoms with Crippen LogP contribution in [0.3, 0.4) is 0 Å². The second kappa shape index (κ2) is 12.3. The average molecular weight is 563 g/mol. The van der Waals surface area contributed by atoms with Crippen molar-refractivity contribution in [2.45, 2.75) is 44.0 Å². The van der Waals surface area contributed by atoms with Crippen LogP contribution in [-0.2, 0) is 20.5 Å². The van der Waals surface area contributed by atoms with Crippen LogP contribution in [0.1, 0.15) is 31.2 Å². The van der Waals surface area contributed by atoms with Gasteiger partial charge in [-0.2, -0.15) is 13.2 Å². The minimum atomic E-state index is -4.85. The van der Waals surface area contributed by atoms with Gasteiger partial charge in [-0.05, 0) is 72.9 Å². The molecular weight excluding hydrogens is 536 g/mol. The van der Waals surface area contributed by atoms with Crippen LogP contribution >= 0.6 is 0 Å². The van der Waals surface area contributed by atoms with Crippen LogP contribution < -0.4 is 16.0 Å². The molecule has 9 nitrogen and oxygen atoms in total. The Labute approximate surface area is 226 Å². The van der Waals surface area contributed by atoms with Crippen molar-refractivity contribution in [3.05, 3.63) is 76.1 Å². The fourth-order valence-electron chi connectivity index (χ4n) is 4.57. The van der Waals surface area contributed by atoms with Crippen molar-refractivity contribution in [2.24, 2.45) is 0 Å². The van der Waals surface area contributed by atoms with E-state index in [9.17, 15) is 37.3 Å². The molecule has 0 heterocycles. The lowest BCUT2D eigenvalue weighted by atomic mass is 9.92. The number of nitrogens with one attached hydrogen (secondary N) is 3. The zero-order valence-corrected chi connectivity index (χ0v) is 21.1. The van der Waals surface area contributed by atoms with Crippen LogP contribution in [0.25, 0.3) is 10.8 Å². The lowest BCUT2D eigenvalue weighted by molar-refractivity contribution is -0.388. The van der Waals surface area contributed by atoms with Gasteiger partial charge in [-0.3, -0.25) is 19.7 Å². The highest BCUT2D eigenvalue weighted by Crippen LogP contribution is 2.38. The quantitative estimate of drug-likeness (QED) is 0.111. The fourth-order valence-corrected chi connectivity index (χ4v) is 4.57. The Bertz CT molecular complexity index is 1410. The van der Waals surface area contributed by atoms with Gasteiger partial charge in [0.25, 0.3) is 5.69 Å². The number of nitro groups is 1. The molecule has 0 spiro atoms. The zero-order chi connectivity index (χ0) is 28.9. The van der Waals surface area contributed by atoms with Crippen LogP contribution in [0.15, 0.2) is 54.6 Å². The SMILES string of the molecule is O=C(NCCO[C@H]1CC[C@H](Nc2ccc([N+](=O)[O-])c(C(F)(F)F)c2)CC1)C(=O)Nc1ccc2cc(F)ccc2c1. The van der Waals surface area contributed by atoms with E-state index < -0.39 is 34.2 Å². The molecule has 4 rings (SSSR count). The Morgan fingerprint density at radius 1 is 0.925 bits per heavy atom. The van der Waals surface area contributed by atoms with Crippen LogP contribution in [0.2, 0.25) is 0 Å². The molecule has 0 aromatic heterocycles. The molecule has 2 amide bonds. The van der Waals surface area contributed by atoms with Crippen molar-refractivity contribution in [3.63, 3.8) is 0 Å². The summed E-state index contributed by atoms with van der Waals surface area (Å²) in [7, 11) is 0. The Balaban J connectivity index is 1.17. The number of rotatable bonds is 8. The van der Waals surface area contributed by atoms with Crippen molar-refractivity contribution in [2.75, 3.05) is 23.8 Å². The van der Waals surface area contributed by atoms with E-state index in [1.807, 2.05) is 0 Å². The van der Waals surface area contributed by atoms with Gasteiger partial charge in [0.05, 0.1) is 17.6 Å². The third-order valence-corrected chi connectivity index (χ3v) is 6.55. The van der Waals surface area contributed by atoms with Crippen molar-refractivity contribution < 1.29 is 36.8 Å². The number of nitrogens with zero attached hydrogens (tertiary/aromatic N) is 1. The van der Waals surface area contributed by atoms with Gasteiger partial charge in [-0.1, -0.05) is 12.1 Å². The van der Waals surface area contributed by atoms with Gasteiger partial charge in [0.15, 0.2) is 0 Å². The number of amides is 2. The number of benzene rings is 3.